The van der Waals surface area contributed by atoms with Gasteiger partial charge in [0.15, 0.2) is 0 Å². The predicted octanol–water partition coefficient (Wildman–Crippen LogP) is 5.81. The van der Waals surface area contributed by atoms with Crippen molar-refractivity contribution in [3.05, 3.63) is 107 Å². The maximum atomic E-state index is 14.8. The van der Waals surface area contributed by atoms with Crippen LogP contribution in [0, 0.1) is 5.41 Å². The van der Waals surface area contributed by atoms with Crippen molar-refractivity contribution in [3.8, 4) is 0 Å². The van der Waals surface area contributed by atoms with E-state index in [4.69, 9.17) is 4.74 Å². The van der Waals surface area contributed by atoms with Gasteiger partial charge >= 0.3 is 12.1 Å². The van der Waals surface area contributed by atoms with Crippen molar-refractivity contribution in [2.45, 2.75) is 91.6 Å². The van der Waals surface area contributed by atoms with Gasteiger partial charge in [-0.15, -0.1) is 0 Å². The van der Waals surface area contributed by atoms with E-state index < -0.39 is 47.1 Å². The first kappa shape index (κ1) is 39.6. The van der Waals surface area contributed by atoms with E-state index in [0.29, 0.717) is 24.9 Å². The summed E-state index contributed by atoms with van der Waals surface area (Å²) in [5.41, 5.74) is 2.06. The van der Waals surface area contributed by atoms with E-state index in [-0.39, 0.29) is 30.5 Å². The first-order valence-electron chi connectivity index (χ1n) is 17.7. The average Bonchev–Trinajstić information content (AvgIpc) is 3.09. The van der Waals surface area contributed by atoms with Gasteiger partial charge in [0, 0.05) is 32.2 Å². The number of likely N-dealkylation sites (N-methyl/N-ethyl adjacent to an activating group) is 1. The Balaban J connectivity index is 1.66. The monoisotopic (exact) mass is 712 g/mol. The lowest BCUT2D eigenvalue weighted by molar-refractivity contribution is -0.143. The topological polar surface area (TPSA) is 137 Å². The second-order valence-electron chi connectivity index (χ2n) is 15.5. The minimum atomic E-state index is -1.08. The fourth-order valence-corrected chi connectivity index (χ4v) is 6.13. The molecule has 0 saturated carbocycles. The molecule has 2 N–H and O–H groups in total. The van der Waals surface area contributed by atoms with E-state index >= 15 is 0 Å². The molecule has 0 aromatic heterocycles. The van der Waals surface area contributed by atoms with Crippen LogP contribution in [0.3, 0.4) is 0 Å². The second kappa shape index (κ2) is 16.4. The molecule has 0 spiro atoms. The van der Waals surface area contributed by atoms with Gasteiger partial charge in [0.05, 0.1) is 11.6 Å². The number of benzene rings is 3. The SMILES string of the molecule is C[C@@H](C(=O)N[C@H](C(=O)N1Cc2ccccc2C[C@H]1CN(CCc1ccccc1)C(=O)c1ccc(C(=O)O)cc1)C(C)(C)C)N(C)C(=O)OC(C)(C)C. The summed E-state index contributed by atoms with van der Waals surface area (Å²) in [6.07, 6.45) is 0.401. The van der Waals surface area contributed by atoms with Gasteiger partial charge in [-0.2, -0.15) is 0 Å². The molecule has 3 atom stereocenters. The summed E-state index contributed by atoms with van der Waals surface area (Å²) >= 11 is 0. The Labute approximate surface area is 306 Å². The quantitative estimate of drug-likeness (QED) is 0.256. The average molecular weight is 713 g/mol. The molecule has 11 heteroatoms. The Hall–Kier alpha value is -5.19. The number of aromatic carboxylic acids is 1. The molecule has 0 radical (unpaired) electrons. The number of hydrogen-bond donors (Lipinski definition) is 2. The lowest BCUT2D eigenvalue weighted by atomic mass is 9.84. The number of nitrogens with zero attached hydrogens (tertiary/aromatic N) is 3. The van der Waals surface area contributed by atoms with E-state index in [1.807, 2.05) is 75.4 Å². The van der Waals surface area contributed by atoms with Crippen molar-refractivity contribution >= 4 is 29.8 Å². The van der Waals surface area contributed by atoms with Crippen LogP contribution >= 0.6 is 0 Å². The molecule has 1 heterocycles. The van der Waals surface area contributed by atoms with Crippen LogP contribution in [0.1, 0.15) is 85.9 Å². The zero-order valence-corrected chi connectivity index (χ0v) is 31.5. The van der Waals surface area contributed by atoms with Crippen molar-refractivity contribution < 1.29 is 33.8 Å². The zero-order valence-electron chi connectivity index (χ0n) is 31.5. The lowest BCUT2D eigenvalue weighted by Gasteiger charge is -2.43. The van der Waals surface area contributed by atoms with Crippen LogP contribution in [0.25, 0.3) is 0 Å². The molecule has 3 aromatic carbocycles. The summed E-state index contributed by atoms with van der Waals surface area (Å²) in [4.78, 5) is 71.5. The number of rotatable bonds is 11. The third-order valence-corrected chi connectivity index (χ3v) is 9.29. The highest BCUT2D eigenvalue weighted by Crippen LogP contribution is 2.29. The molecule has 11 nitrogen and oxygen atoms in total. The number of nitrogens with one attached hydrogen (secondary N) is 1. The highest BCUT2D eigenvalue weighted by atomic mass is 16.6. The van der Waals surface area contributed by atoms with Crippen molar-refractivity contribution in [2.24, 2.45) is 5.41 Å². The van der Waals surface area contributed by atoms with Crippen molar-refractivity contribution in [1.82, 2.24) is 20.0 Å². The maximum Gasteiger partial charge on any atom is 0.410 e. The molecule has 278 valence electrons. The van der Waals surface area contributed by atoms with Crippen LogP contribution in [-0.4, -0.2) is 93.5 Å². The summed E-state index contributed by atoms with van der Waals surface area (Å²) in [6.45, 7) is 13.3. The summed E-state index contributed by atoms with van der Waals surface area (Å²) in [6, 6.07) is 21.2. The molecular formula is C41H52N4O7. The Morgan fingerprint density at radius 3 is 2.02 bits per heavy atom. The van der Waals surface area contributed by atoms with Crippen LogP contribution in [0.5, 0.6) is 0 Å². The summed E-state index contributed by atoms with van der Waals surface area (Å²) in [5, 5.41) is 12.4. The minimum absolute atomic E-state index is 0.0786. The normalized spacial score (nSPS) is 15.5. The molecule has 0 aliphatic carbocycles. The molecule has 0 bridgehead atoms. The van der Waals surface area contributed by atoms with E-state index in [1.165, 1.54) is 36.2 Å². The number of carbonyl (C=O) groups is 5. The Bertz CT molecular complexity index is 1750. The first-order valence-corrected chi connectivity index (χ1v) is 17.7. The third-order valence-electron chi connectivity index (χ3n) is 9.29. The van der Waals surface area contributed by atoms with Gasteiger partial charge in [0.25, 0.3) is 5.91 Å². The Morgan fingerprint density at radius 2 is 1.44 bits per heavy atom. The minimum Gasteiger partial charge on any atom is -0.478 e. The molecule has 3 aromatic rings. The number of carboxylic acid groups (broad SMARTS) is 1. The number of fused-ring (bicyclic) bond motifs is 1. The molecule has 1 aliphatic rings. The highest BCUT2D eigenvalue weighted by Gasteiger charge is 2.42. The van der Waals surface area contributed by atoms with E-state index in [2.05, 4.69) is 5.32 Å². The van der Waals surface area contributed by atoms with E-state index in [0.717, 1.165) is 16.7 Å². The molecule has 0 fully saturated rings. The van der Waals surface area contributed by atoms with Gasteiger partial charge in [0.2, 0.25) is 11.8 Å². The molecular weight excluding hydrogens is 660 g/mol. The largest absolute Gasteiger partial charge is 0.478 e. The van der Waals surface area contributed by atoms with E-state index in [1.54, 1.807) is 37.5 Å². The van der Waals surface area contributed by atoms with Gasteiger partial charge < -0.3 is 25.0 Å². The smallest absolute Gasteiger partial charge is 0.410 e. The standard InChI is InChI=1S/C41H52N4O7/c1-27(43(8)39(51)52-41(5,6)7)35(46)42-34(40(2,3)4)37(48)45-25-32-17-13-12-16-31(32)24-33(45)26-44(23-22-28-14-10-9-11-15-28)36(47)29-18-20-30(21-19-29)38(49)50/h9-21,27,33-34H,22-26H2,1-8H3,(H,42,46)(H,49,50)/t27-,33-,34+/m0/s1. The van der Waals surface area contributed by atoms with Crippen LogP contribution in [0.15, 0.2) is 78.9 Å². The van der Waals surface area contributed by atoms with Crippen LogP contribution in [-0.2, 0) is 33.7 Å². The van der Waals surface area contributed by atoms with Gasteiger partial charge in [-0.1, -0.05) is 75.4 Å². The van der Waals surface area contributed by atoms with Crippen LogP contribution in [0.2, 0.25) is 0 Å². The number of ether oxygens (including phenoxy) is 1. The molecule has 0 saturated heterocycles. The van der Waals surface area contributed by atoms with Crippen LogP contribution < -0.4 is 5.32 Å². The van der Waals surface area contributed by atoms with Crippen molar-refractivity contribution in [3.63, 3.8) is 0 Å². The fourth-order valence-electron chi connectivity index (χ4n) is 6.13. The van der Waals surface area contributed by atoms with E-state index in [9.17, 15) is 29.1 Å². The maximum absolute atomic E-state index is 14.8. The molecule has 52 heavy (non-hydrogen) atoms. The fraction of sp³-hybridized carbons (Fsp3) is 0.439. The number of carbonyl (C=O) groups excluding carboxylic acids is 4. The van der Waals surface area contributed by atoms with Crippen LogP contribution in [0.4, 0.5) is 4.79 Å². The molecule has 1 aliphatic heterocycles. The molecule has 4 amide bonds. The first-order chi connectivity index (χ1) is 24.4. The van der Waals surface area contributed by atoms with Gasteiger partial charge in [-0.3, -0.25) is 19.3 Å². The lowest BCUT2D eigenvalue weighted by Crippen LogP contribution is -2.61. The number of hydrogen-bond acceptors (Lipinski definition) is 6. The number of amides is 4. The summed E-state index contributed by atoms with van der Waals surface area (Å²) in [7, 11) is 1.49. The van der Waals surface area contributed by atoms with Crippen molar-refractivity contribution in [1.29, 1.82) is 0 Å². The Morgan fingerprint density at radius 1 is 0.865 bits per heavy atom. The van der Waals surface area contributed by atoms with Crippen molar-refractivity contribution in [2.75, 3.05) is 20.1 Å². The Kier molecular flexibility index (Phi) is 12.5. The number of carboxylic acids is 1. The van der Waals surface area contributed by atoms with Gasteiger partial charge in [-0.25, -0.2) is 9.59 Å². The summed E-state index contributed by atoms with van der Waals surface area (Å²) in [5.74, 6) is -2.16. The second-order valence-corrected chi connectivity index (χ2v) is 15.5. The van der Waals surface area contributed by atoms with Gasteiger partial charge in [-0.05, 0) is 86.9 Å². The predicted molar refractivity (Wildman–Crippen MR) is 199 cm³/mol. The molecule has 0 unspecified atom stereocenters. The molecule has 4 rings (SSSR count). The zero-order chi connectivity index (χ0) is 38.4. The third kappa shape index (κ3) is 10.2. The van der Waals surface area contributed by atoms with Gasteiger partial charge in [0.1, 0.15) is 17.7 Å². The summed E-state index contributed by atoms with van der Waals surface area (Å²) < 4.78 is 5.46. The highest BCUT2D eigenvalue weighted by molar-refractivity contribution is 5.96.